The van der Waals surface area contributed by atoms with Gasteiger partial charge in [-0.3, -0.25) is 0 Å². The third-order valence-electron chi connectivity index (χ3n) is 2.88. The third-order valence-corrected chi connectivity index (χ3v) is 2.88. The summed E-state index contributed by atoms with van der Waals surface area (Å²) in [4.78, 5) is 0. The maximum atomic E-state index is 5.75. The number of hydrogen-bond donors (Lipinski definition) is 0. The van der Waals surface area contributed by atoms with Gasteiger partial charge in [-0.25, -0.2) is 0 Å². The Bertz CT molecular complexity index is 175. The fourth-order valence-electron chi connectivity index (χ4n) is 2.00. The van der Waals surface area contributed by atoms with Crippen LogP contribution in [0.4, 0.5) is 0 Å². The molecule has 2 heterocycles. The quantitative estimate of drug-likeness (QED) is 0.463. The Morgan fingerprint density at radius 1 is 1.42 bits per heavy atom. The molecule has 2 aliphatic heterocycles. The van der Waals surface area contributed by atoms with Crippen LogP contribution in [0.3, 0.4) is 0 Å². The van der Waals surface area contributed by atoms with E-state index in [2.05, 4.69) is 13.5 Å². The molecule has 0 aromatic heterocycles. The fraction of sp³-hybridized carbons (Fsp3) is 0.800. The van der Waals surface area contributed by atoms with Crippen LogP contribution in [-0.4, -0.2) is 24.9 Å². The molecule has 0 bridgehead atoms. The Hall–Kier alpha value is -0.340. The molecule has 0 aliphatic carbocycles. The minimum absolute atomic E-state index is 0.273. The SMILES string of the molecule is C=CC1CCC(C2CO2)C(C)O1. The first kappa shape index (κ1) is 8.27. The zero-order valence-electron chi connectivity index (χ0n) is 7.53. The van der Waals surface area contributed by atoms with Crippen molar-refractivity contribution < 1.29 is 9.47 Å². The first-order chi connectivity index (χ1) is 5.81. The summed E-state index contributed by atoms with van der Waals surface area (Å²) in [5.74, 6) is 0.626. The van der Waals surface area contributed by atoms with Gasteiger partial charge in [-0.15, -0.1) is 6.58 Å². The highest BCUT2D eigenvalue weighted by Crippen LogP contribution is 2.34. The Morgan fingerprint density at radius 3 is 2.67 bits per heavy atom. The van der Waals surface area contributed by atoms with Gasteiger partial charge in [0.2, 0.25) is 0 Å². The van der Waals surface area contributed by atoms with Crippen molar-refractivity contribution >= 4 is 0 Å². The fourth-order valence-corrected chi connectivity index (χ4v) is 2.00. The predicted molar refractivity (Wildman–Crippen MR) is 47.0 cm³/mol. The Labute approximate surface area is 73.5 Å². The van der Waals surface area contributed by atoms with Crippen molar-refractivity contribution in [2.75, 3.05) is 6.61 Å². The maximum absolute atomic E-state index is 5.75. The highest BCUT2D eigenvalue weighted by molar-refractivity contribution is 4.91. The first-order valence-corrected chi connectivity index (χ1v) is 4.71. The van der Waals surface area contributed by atoms with Gasteiger partial charge in [0.25, 0.3) is 0 Å². The van der Waals surface area contributed by atoms with E-state index in [-0.39, 0.29) is 6.10 Å². The summed E-state index contributed by atoms with van der Waals surface area (Å²) in [7, 11) is 0. The second-order valence-corrected chi connectivity index (χ2v) is 3.73. The van der Waals surface area contributed by atoms with Crippen molar-refractivity contribution in [3.05, 3.63) is 12.7 Å². The molecule has 4 atom stereocenters. The van der Waals surface area contributed by atoms with Crippen LogP contribution in [0.15, 0.2) is 12.7 Å². The van der Waals surface area contributed by atoms with E-state index in [1.54, 1.807) is 0 Å². The summed E-state index contributed by atoms with van der Waals surface area (Å²) in [6.45, 7) is 6.83. The van der Waals surface area contributed by atoms with Gasteiger partial charge in [0.1, 0.15) is 0 Å². The number of epoxide rings is 1. The van der Waals surface area contributed by atoms with Crippen LogP contribution in [0.25, 0.3) is 0 Å². The molecule has 2 rings (SSSR count). The zero-order valence-corrected chi connectivity index (χ0v) is 7.53. The van der Waals surface area contributed by atoms with E-state index in [0.717, 1.165) is 13.0 Å². The van der Waals surface area contributed by atoms with Gasteiger partial charge >= 0.3 is 0 Å². The van der Waals surface area contributed by atoms with Crippen LogP contribution in [0.1, 0.15) is 19.8 Å². The molecule has 2 saturated heterocycles. The van der Waals surface area contributed by atoms with Crippen LogP contribution in [-0.2, 0) is 9.47 Å². The molecule has 12 heavy (non-hydrogen) atoms. The van der Waals surface area contributed by atoms with Crippen molar-refractivity contribution in [3.8, 4) is 0 Å². The van der Waals surface area contributed by atoms with Crippen molar-refractivity contribution in [2.45, 2.75) is 38.1 Å². The van der Waals surface area contributed by atoms with E-state index < -0.39 is 0 Å². The molecule has 68 valence electrons. The minimum atomic E-state index is 0.273. The van der Waals surface area contributed by atoms with E-state index in [4.69, 9.17) is 9.47 Å². The maximum Gasteiger partial charge on any atom is 0.0862 e. The largest absolute Gasteiger partial charge is 0.373 e. The molecule has 2 fully saturated rings. The van der Waals surface area contributed by atoms with Crippen LogP contribution >= 0.6 is 0 Å². The molecule has 0 saturated carbocycles. The van der Waals surface area contributed by atoms with E-state index in [9.17, 15) is 0 Å². The average molecular weight is 168 g/mol. The second-order valence-electron chi connectivity index (χ2n) is 3.73. The molecule has 2 nitrogen and oxygen atoms in total. The van der Waals surface area contributed by atoms with Gasteiger partial charge in [-0.1, -0.05) is 6.08 Å². The molecular formula is C10H16O2. The standard InChI is InChI=1S/C10H16O2/c1-3-8-4-5-9(7(2)12-8)10-6-11-10/h3,7-10H,1,4-6H2,2H3. The average Bonchev–Trinajstić information content (AvgIpc) is 2.87. The second kappa shape index (κ2) is 3.19. The van der Waals surface area contributed by atoms with Crippen LogP contribution in [0.2, 0.25) is 0 Å². The van der Waals surface area contributed by atoms with Gasteiger partial charge < -0.3 is 9.47 Å². The van der Waals surface area contributed by atoms with E-state index in [1.165, 1.54) is 6.42 Å². The van der Waals surface area contributed by atoms with Crippen LogP contribution in [0.5, 0.6) is 0 Å². The summed E-state index contributed by atoms with van der Waals surface area (Å²) in [6, 6.07) is 0. The van der Waals surface area contributed by atoms with E-state index in [0.29, 0.717) is 18.1 Å². The van der Waals surface area contributed by atoms with Gasteiger partial charge in [-0.2, -0.15) is 0 Å². The number of hydrogen-bond acceptors (Lipinski definition) is 2. The van der Waals surface area contributed by atoms with Crippen LogP contribution in [0, 0.1) is 5.92 Å². The third kappa shape index (κ3) is 1.54. The van der Waals surface area contributed by atoms with Crippen molar-refractivity contribution in [2.24, 2.45) is 5.92 Å². The lowest BCUT2D eigenvalue weighted by atomic mass is 9.90. The molecule has 0 amide bonds. The molecule has 0 spiro atoms. The van der Waals surface area contributed by atoms with Crippen LogP contribution < -0.4 is 0 Å². The first-order valence-electron chi connectivity index (χ1n) is 4.71. The van der Waals surface area contributed by atoms with Gasteiger partial charge in [0, 0.05) is 5.92 Å². The summed E-state index contributed by atoms with van der Waals surface area (Å²) in [5, 5.41) is 0. The van der Waals surface area contributed by atoms with Gasteiger partial charge in [-0.05, 0) is 19.8 Å². The topological polar surface area (TPSA) is 21.8 Å². The number of ether oxygens (including phenoxy) is 2. The highest BCUT2D eigenvalue weighted by atomic mass is 16.6. The highest BCUT2D eigenvalue weighted by Gasteiger charge is 2.39. The number of rotatable bonds is 2. The van der Waals surface area contributed by atoms with E-state index >= 15 is 0 Å². The summed E-state index contributed by atoms with van der Waals surface area (Å²) in [6.07, 6.45) is 5.34. The van der Waals surface area contributed by atoms with Crippen molar-refractivity contribution in [1.82, 2.24) is 0 Å². The predicted octanol–water partition coefficient (Wildman–Crippen LogP) is 1.75. The summed E-state index contributed by atoms with van der Waals surface area (Å²) < 4.78 is 11.0. The molecule has 0 aromatic carbocycles. The molecule has 0 aromatic rings. The minimum Gasteiger partial charge on any atom is -0.373 e. The normalized spacial score (nSPS) is 47.1. The van der Waals surface area contributed by atoms with Crippen molar-refractivity contribution in [1.29, 1.82) is 0 Å². The molecule has 0 radical (unpaired) electrons. The van der Waals surface area contributed by atoms with Gasteiger partial charge in [0.05, 0.1) is 24.9 Å². The van der Waals surface area contributed by atoms with Crippen molar-refractivity contribution in [3.63, 3.8) is 0 Å². The molecule has 4 unspecified atom stereocenters. The van der Waals surface area contributed by atoms with E-state index in [1.807, 2.05) is 6.08 Å². The Balaban J connectivity index is 1.90. The smallest absolute Gasteiger partial charge is 0.0862 e. The molecular weight excluding hydrogens is 152 g/mol. The molecule has 2 heteroatoms. The molecule has 2 aliphatic rings. The monoisotopic (exact) mass is 168 g/mol. The summed E-state index contributed by atoms with van der Waals surface area (Å²) in [5.41, 5.74) is 0. The lowest BCUT2D eigenvalue weighted by Gasteiger charge is -2.32. The Morgan fingerprint density at radius 2 is 2.17 bits per heavy atom. The zero-order chi connectivity index (χ0) is 8.55. The lowest BCUT2D eigenvalue weighted by molar-refractivity contribution is -0.0581. The summed E-state index contributed by atoms with van der Waals surface area (Å²) >= 11 is 0. The Kier molecular flexibility index (Phi) is 2.20. The lowest BCUT2D eigenvalue weighted by Crippen LogP contribution is -2.34. The van der Waals surface area contributed by atoms with Gasteiger partial charge in [0.15, 0.2) is 0 Å². The molecule has 0 N–H and O–H groups in total.